The van der Waals surface area contributed by atoms with Crippen molar-refractivity contribution in [1.29, 1.82) is 0 Å². The zero-order valence-corrected chi connectivity index (χ0v) is 33.8. The first-order valence-electron chi connectivity index (χ1n) is 17.5. The molecule has 3 aromatic heterocycles. The smallest absolute Gasteiger partial charge is 0.162 e. The van der Waals surface area contributed by atoms with Gasteiger partial charge < -0.3 is 5.11 Å². The molecule has 263 valence electrons. The summed E-state index contributed by atoms with van der Waals surface area (Å²) in [6.07, 6.45) is 9.52. The van der Waals surface area contributed by atoms with Crippen LogP contribution in [0.25, 0.3) is 43.5 Å². The van der Waals surface area contributed by atoms with Gasteiger partial charge in [-0.1, -0.05) is 91.5 Å². The second kappa shape index (κ2) is 18.1. The number of hydrogen-bond donors (Lipinski definition) is 1. The van der Waals surface area contributed by atoms with Gasteiger partial charge in [-0.25, -0.2) is 4.98 Å². The number of aliphatic hydroxyl groups excluding tert-OH is 1. The largest absolute Gasteiger partial charge is 0.512 e. The van der Waals surface area contributed by atoms with Crippen molar-refractivity contribution in [2.24, 2.45) is 17.8 Å². The summed E-state index contributed by atoms with van der Waals surface area (Å²) in [7, 11) is 0. The summed E-state index contributed by atoms with van der Waals surface area (Å²) in [6.45, 7) is 19.3. The Morgan fingerprint density at radius 2 is 1.55 bits per heavy atom. The average molecular weight is 855 g/mol. The van der Waals surface area contributed by atoms with E-state index in [9.17, 15) is 9.90 Å². The molecule has 1 radical (unpaired) electrons. The van der Waals surface area contributed by atoms with Gasteiger partial charge in [0, 0.05) is 60.3 Å². The molecular weight excluding hydrogens is 803 g/mol. The maximum absolute atomic E-state index is 11.7. The topological polar surface area (TPSA) is 76.0 Å². The number of nitrogens with zero attached hydrogens (tertiary/aromatic N) is 3. The van der Waals surface area contributed by atoms with Crippen molar-refractivity contribution in [2.45, 2.75) is 99.8 Å². The van der Waals surface area contributed by atoms with E-state index in [0.29, 0.717) is 5.92 Å². The van der Waals surface area contributed by atoms with E-state index in [-0.39, 0.29) is 48.9 Å². The summed E-state index contributed by atoms with van der Waals surface area (Å²) in [5, 5.41) is 12.1. The number of hydrogen-bond acceptors (Lipinski definition) is 6. The van der Waals surface area contributed by atoms with Crippen LogP contribution in [0.1, 0.15) is 98.4 Å². The van der Waals surface area contributed by atoms with E-state index in [0.717, 1.165) is 65.5 Å². The average Bonchev–Trinajstić information content (AvgIpc) is 3.47. The predicted octanol–water partition coefficient (Wildman–Crippen LogP) is 11.7. The number of rotatable bonds is 11. The molecule has 0 saturated carbocycles. The minimum Gasteiger partial charge on any atom is -0.512 e. The van der Waals surface area contributed by atoms with Crippen molar-refractivity contribution in [1.82, 2.24) is 15.0 Å². The molecule has 0 aliphatic rings. The van der Waals surface area contributed by atoms with Crippen molar-refractivity contribution >= 4 is 38.1 Å². The standard InChI is InChI=1S/C29H28N3S.C13H24O2.Ir/c1-18(2)12-21-15-27-28(33-21)23(10-11-30-27)26-16-25(31-17-32-26)20-13-19-8-6-7-9-22(19)24(14-20)29(3,4)5;1-5-10(6-2)12(14)9-13(15)11(7-3)8-4;/h6-11,14-18H,12H2,1-5H3;9-11,14H,5-8H2,1-4H3;/q-1;;/b;12-9-;. The normalized spacial score (nSPS) is 12.0. The second-order valence-corrected chi connectivity index (χ2v) is 15.2. The number of aromatic nitrogens is 3. The third-order valence-corrected chi connectivity index (χ3v) is 10.1. The summed E-state index contributed by atoms with van der Waals surface area (Å²) in [4.78, 5) is 27.0. The Morgan fingerprint density at radius 3 is 2.18 bits per heavy atom. The molecule has 1 N–H and O–H groups in total. The van der Waals surface area contributed by atoms with E-state index >= 15 is 0 Å². The van der Waals surface area contributed by atoms with Crippen LogP contribution in [0.4, 0.5) is 0 Å². The molecule has 3 heterocycles. The maximum Gasteiger partial charge on any atom is 0.162 e. The van der Waals surface area contributed by atoms with Gasteiger partial charge in [-0.05, 0) is 61.6 Å². The fourth-order valence-electron chi connectivity index (χ4n) is 6.11. The van der Waals surface area contributed by atoms with Crippen molar-refractivity contribution in [3.63, 3.8) is 0 Å². The zero-order valence-electron chi connectivity index (χ0n) is 30.6. The Hall–Kier alpha value is -3.25. The number of fused-ring (bicyclic) bond motifs is 2. The molecule has 0 saturated heterocycles. The summed E-state index contributed by atoms with van der Waals surface area (Å²) in [5.74, 6) is 1.17. The Labute approximate surface area is 311 Å². The van der Waals surface area contributed by atoms with Gasteiger partial charge in [0.2, 0.25) is 0 Å². The van der Waals surface area contributed by atoms with Crippen molar-refractivity contribution < 1.29 is 30.0 Å². The van der Waals surface area contributed by atoms with Gasteiger partial charge in [0.25, 0.3) is 0 Å². The second-order valence-electron chi connectivity index (χ2n) is 14.1. The van der Waals surface area contributed by atoms with E-state index in [4.69, 9.17) is 0 Å². The Kier molecular flexibility index (Phi) is 14.9. The molecule has 2 aromatic carbocycles. The summed E-state index contributed by atoms with van der Waals surface area (Å²) in [5.41, 5.74) is 6.28. The number of carbonyl (C=O) groups excluding carboxylic acids is 1. The Bertz CT molecular complexity index is 1860. The number of allylic oxidation sites excluding steroid dienone is 2. The number of pyridine rings is 1. The van der Waals surface area contributed by atoms with E-state index < -0.39 is 0 Å². The quantitative estimate of drug-likeness (QED) is 0.0814. The fraction of sp³-hybridized carbons (Fsp3) is 0.429. The van der Waals surface area contributed by atoms with E-state index in [1.165, 1.54) is 26.6 Å². The molecule has 0 fully saturated rings. The first-order chi connectivity index (χ1) is 22.9. The van der Waals surface area contributed by atoms with Gasteiger partial charge >= 0.3 is 0 Å². The van der Waals surface area contributed by atoms with Gasteiger partial charge in [0.15, 0.2) is 5.78 Å². The first-order valence-corrected chi connectivity index (χ1v) is 18.3. The molecule has 0 amide bonds. The molecule has 5 aromatic rings. The monoisotopic (exact) mass is 855 g/mol. The van der Waals surface area contributed by atoms with Crippen molar-refractivity contribution in [3.8, 4) is 22.5 Å². The van der Waals surface area contributed by atoms with Crippen LogP contribution in [0.2, 0.25) is 0 Å². The molecule has 0 spiro atoms. The third-order valence-electron chi connectivity index (χ3n) is 8.96. The molecule has 0 atom stereocenters. The predicted molar refractivity (Wildman–Crippen MR) is 204 cm³/mol. The number of carbonyl (C=O) groups is 1. The third kappa shape index (κ3) is 10.2. The Morgan fingerprint density at radius 1 is 0.898 bits per heavy atom. The van der Waals surface area contributed by atoms with E-state index in [2.05, 4.69) is 104 Å². The molecule has 0 aliphatic carbocycles. The molecular formula is C42H52IrN3O2S-. The van der Waals surface area contributed by atoms with Crippen LogP contribution >= 0.6 is 11.3 Å². The van der Waals surface area contributed by atoms with Crippen LogP contribution in [-0.4, -0.2) is 25.8 Å². The van der Waals surface area contributed by atoms with Gasteiger partial charge in [-0.3, -0.25) is 14.8 Å². The number of thiophene rings is 1. The molecule has 49 heavy (non-hydrogen) atoms. The van der Waals surface area contributed by atoms with Gasteiger partial charge in [0.05, 0.1) is 21.7 Å². The van der Waals surface area contributed by atoms with Crippen LogP contribution in [0, 0.1) is 23.8 Å². The molecule has 0 unspecified atom stereocenters. The number of benzene rings is 2. The number of aliphatic hydroxyl groups is 1. The molecule has 0 aliphatic heterocycles. The maximum atomic E-state index is 11.7. The van der Waals surface area contributed by atoms with Crippen molar-refractivity contribution in [2.75, 3.05) is 0 Å². The number of ketones is 1. The molecule has 7 heteroatoms. The van der Waals surface area contributed by atoms with Crippen LogP contribution in [0.15, 0.2) is 72.9 Å². The van der Waals surface area contributed by atoms with Gasteiger partial charge in [0.1, 0.15) is 6.33 Å². The Balaban J connectivity index is 0.000000347. The summed E-state index contributed by atoms with van der Waals surface area (Å²) >= 11 is 1.83. The first kappa shape index (κ1) is 40.2. The van der Waals surface area contributed by atoms with Crippen molar-refractivity contribution in [3.05, 3.63) is 89.4 Å². The van der Waals surface area contributed by atoms with E-state index in [1.807, 2.05) is 45.2 Å². The van der Waals surface area contributed by atoms with Crippen LogP contribution in [0.3, 0.4) is 0 Å². The zero-order chi connectivity index (χ0) is 35.0. The van der Waals surface area contributed by atoms with Gasteiger partial charge in [-0.2, -0.15) is 0 Å². The summed E-state index contributed by atoms with van der Waals surface area (Å²) in [6, 6.07) is 20.7. The SMILES string of the molecule is CC(C)Cc1cc2nccc(-c3cc(-c4[c-]c5ccccc5c(C(C)(C)C)c4)ncn3)c2s1.CCC(CC)C(=O)/C=C(\O)C(CC)CC.[Ir]. The van der Waals surface area contributed by atoms with Crippen LogP contribution in [0.5, 0.6) is 0 Å². The minimum absolute atomic E-state index is 0. The van der Waals surface area contributed by atoms with Crippen LogP contribution in [-0.2, 0) is 36.7 Å². The minimum atomic E-state index is 0. The fourth-order valence-corrected chi connectivity index (χ4v) is 7.46. The molecule has 5 rings (SSSR count). The van der Waals surface area contributed by atoms with E-state index in [1.54, 1.807) is 6.33 Å². The van der Waals surface area contributed by atoms with Gasteiger partial charge in [-0.15, -0.1) is 40.5 Å². The summed E-state index contributed by atoms with van der Waals surface area (Å²) < 4.78 is 1.19. The van der Waals surface area contributed by atoms with Crippen LogP contribution < -0.4 is 0 Å². The molecule has 0 bridgehead atoms. The molecule has 5 nitrogen and oxygen atoms in total.